The molecule has 0 saturated carbocycles. The Hall–Kier alpha value is 0.390. The molecule has 90 valence electrons. The third kappa shape index (κ3) is 7.30. The number of alkyl halides is 2. The van der Waals surface area contributed by atoms with E-state index in [0.717, 1.165) is 0 Å². The Morgan fingerprint density at radius 2 is 1.67 bits per heavy atom. The number of nitrogens with one attached hydrogen (secondary N) is 1. The Morgan fingerprint density at radius 3 is 2.00 bits per heavy atom. The predicted molar refractivity (Wildman–Crippen MR) is 69.8 cm³/mol. The lowest BCUT2D eigenvalue weighted by molar-refractivity contribution is -0.131. The summed E-state index contributed by atoms with van der Waals surface area (Å²) in [4.78, 5) is 11.5. The minimum absolute atomic E-state index is 0.0914. The zero-order valence-electron chi connectivity index (χ0n) is 9.69. The van der Waals surface area contributed by atoms with Gasteiger partial charge in [-0.2, -0.15) is 0 Å². The number of hydrogen-bond acceptors (Lipinski definition) is 2. The van der Waals surface area contributed by atoms with E-state index in [9.17, 15) is 4.79 Å². The van der Waals surface area contributed by atoms with Crippen LogP contribution in [0.1, 0.15) is 27.7 Å². The highest BCUT2D eigenvalue weighted by atomic mass is 79.9. The van der Waals surface area contributed by atoms with E-state index in [-0.39, 0.29) is 23.7 Å². The van der Waals surface area contributed by atoms with Gasteiger partial charge in [-0.05, 0) is 27.7 Å². The summed E-state index contributed by atoms with van der Waals surface area (Å²) in [5.74, 6) is -0.0914. The molecule has 0 aromatic rings. The van der Waals surface area contributed by atoms with E-state index in [1.165, 1.54) is 0 Å². The number of ether oxygens (including phenoxy) is 1. The lowest BCUT2D eigenvalue weighted by Gasteiger charge is -2.27. The molecule has 0 saturated heterocycles. The van der Waals surface area contributed by atoms with E-state index in [1.54, 1.807) is 0 Å². The summed E-state index contributed by atoms with van der Waals surface area (Å²) < 4.78 is 5.38. The molecule has 0 aliphatic rings. The average molecular weight is 345 g/mol. The summed E-state index contributed by atoms with van der Waals surface area (Å²) in [7, 11) is 0. The maximum Gasteiger partial charge on any atom is 0.246 e. The van der Waals surface area contributed by atoms with E-state index in [2.05, 4.69) is 37.2 Å². The molecular formula is C10H19Br2NO2. The van der Waals surface area contributed by atoms with Crippen molar-refractivity contribution in [3.63, 3.8) is 0 Å². The van der Waals surface area contributed by atoms with Gasteiger partial charge in [-0.1, -0.05) is 31.9 Å². The Balaban J connectivity index is 4.04. The normalized spacial score (nSPS) is 12.7. The smallest absolute Gasteiger partial charge is 0.246 e. The molecule has 0 aliphatic carbocycles. The quantitative estimate of drug-likeness (QED) is 0.778. The molecule has 15 heavy (non-hydrogen) atoms. The molecule has 0 aromatic heterocycles. The van der Waals surface area contributed by atoms with Crippen LogP contribution >= 0.6 is 31.9 Å². The fourth-order valence-corrected chi connectivity index (χ4v) is 1.97. The zero-order valence-corrected chi connectivity index (χ0v) is 12.9. The summed E-state index contributed by atoms with van der Waals surface area (Å²) in [6.07, 6.45) is 0. The van der Waals surface area contributed by atoms with Crippen LogP contribution in [0.15, 0.2) is 0 Å². The lowest BCUT2D eigenvalue weighted by atomic mass is 10.1. The van der Waals surface area contributed by atoms with E-state index < -0.39 is 0 Å². The topological polar surface area (TPSA) is 38.3 Å². The standard InChI is InChI=1S/C10H19Br2NO2/c1-9(2,3)15-5-8(14)13-10(4,6-11)7-12/h5-7H2,1-4H3,(H,13,14). The van der Waals surface area contributed by atoms with Crippen LogP contribution in [-0.2, 0) is 9.53 Å². The number of carbonyl (C=O) groups is 1. The fraction of sp³-hybridized carbons (Fsp3) is 0.900. The maximum absolute atomic E-state index is 11.5. The highest BCUT2D eigenvalue weighted by molar-refractivity contribution is 9.09. The van der Waals surface area contributed by atoms with Gasteiger partial charge in [-0.25, -0.2) is 0 Å². The molecule has 0 aliphatic heterocycles. The van der Waals surface area contributed by atoms with Crippen molar-refractivity contribution in [1.29, 1.82) is 0 Å². The van der Waals surface area contributed by atoms with Gasteiger partial charge in [0.2, 0.25) is 5.91 Å². The Bertz CT molecular complexity index is 210. The number of carbonyl (C=O) groups excluding carboxylic acids is 1. The molecule has 1 amide bonds. The van der Waals surface area contributed by atoms with Gasteiger partial charge < -0.3 is 10.1 Å². The molecular weight excluding hydrogens is 326 g/mol. The van der Waals surface area contributed by atoms with Crippen molar-refractivity contribution in [2.45, 2.75) is 38.8 Å². The van der Waals surface area contributed by atoms with Crippen LogP contribution in [0.5, 0.6) is 0 Å². The van der Waals surface area contributed by atoms with Crippen molar-refractivity contribution < 1.29 is 9.53 Å². The van der Waals surface area contributed by atoms with Crippen molar-refractivity contribution in [3.8, 4) is 0 Å². The average Bonchev–Trinajstić information content (AvgIpc) is 2.13. The Kier molecular flexibility index (Phi) is 6.37. The Labute approximate surface area is 109 Å². The molecule has 3 nitrogen and oxygen atoms in total. The molecule has 5 heteroatoms. The van der Waals surface area contributed by atoms with Crippen LogP contribution in [0, 0.1) is 0 Å². The van der Waals surface area contributed by atoms with Gasteiger partial charge in [0.05, 0.1) is 11.1 Å². The molecule has 0 radical (unpaired) electrons. The maximum atomic E-state index is 11.5. The van der Waals surface area contributed by atoms with Gasteiger partial charge in [0.1, 0.15) is 6.61 Å². The highest BCUT2D eigenvalue weighted by Gasteiger charge is 2.24. The van der Waals surface area contributed by atoms with Gasteiger partial charge in [0.15, 0.2) is 0 Å². The number of hydrogen-bond donors (Lipinski definition) is 1. The summed E-state index contributed by atoms with van der Waals surface area (Å²) in [6.45, 7) is 7.84. The molecule has 0 spiro atoms. The van der Waals surface area contributed by atoms with Gasteiger partial charge in [0, 0.05) is 10.7 Å². The van der Waals surface area contributed by atoms with E-state index >= 15 is 0 Å². The molecule has 0 bridgehead atoms. The van der Waals surface area contributed by atoms with Crippen molar-refractivity contribution in [2.75, 3.05) is 17.3 Å². The molecule has 0 rings (SSSR count). The summed E-state index contributed by atoms with van der Waals surface area (Å²) >= 11 is 6.73. The third-order valence-corrected chi connectivity index (χ3v) is 4.14. The Morgan fingerprint density at radius 1 is 1.20 bits per heavy atom. The summed E-state index contributed by atoms with van der Waals surface area (Å²) in [5.41, 5.74) is -0.547. The molecule has 0 aromatic carbocycles. The second kappa shape index (κ2) is 6.21. The van der Waals surface area contributed by atoms with Gasteiger partial charge >= 0.3 is 0 Å². The summed E-state index contributed by atoms with van der Waals surface area (Å²) in [5, 5.41) is 4.31. The first-order chi connectivity index (χ1) is 6.72. The lowest BCUT2D eigenvalue weighted by Crippen LogP contribution is -2.50. The van der Waals surface area contributed by atoms with Crippen LogP contribution < -0.4 is 5.32 Å². The minimum Gasteiger partial charge on any atom is -0.366 e. The molecule has 0 unspecified atom stereocenters. The molecule has 1 N–H and O–H groups in total. The SMILES string of the molecule is CC(CBr)(CBr)NC(=O)COC(C)(C)C. The van der Waals surface area contributed by atoms with Crippen LogP contribution in [-0.4, -0.2) is 34.3 Å². The van der Waals surface area contributed by atoms with E-state index in [4.69, 9.17) is 4.74 Å². The first-order valence-electron chi connectivity index (χ1n) is 4.79. The number of halogens is 2. The largest absolute Gasteiger partial charge is 0.366 e. The van der Waals surface area contributed by atoms with Crippen molar-refractivity contribution in [3.05, 3.63) is 0 Å². The van der Waals surface area contributed by atoms with Crippen molar-refractivity contribution in [2.24, 2.45) is 0 Å². The first kappa shape index (κ1) is 15.4. The number of amides is 1. The van der Waals surface area contributed by atoms with Gasteiger partial charge in [-0.3, -0.25) is 4.79 Å². The summed E-state index contributed by atoms with van der Waals surface area (Å²) in [6, 6.07) is 0. The second-order valence-electron chi connectivity index (χ2n) is 4.78. The molecule has 0 atom stereocenters. The zero-order chi connectivity index (χ0) is 12.1. The van der Waals surface area contributed by atoms with Crippen molar-refractivity contribution in [1.82, 2.24) is 5.32 Å². The first-order valence-corrected chi connectivity index (χ1v) is 7.04. The van der Waals surface area contributed by atoms with Gasteiger partial charge in [-0.15, -0.1) is 0 Å². The van der Waals surface area contributed by atoms with Crippen molar-refractivity contribution >= 4 is 37.8 Å². The van der Waals surface area contributed by atoms with E-state index in [1.807, 2.05) is 27.7 Å². The molecule has 0 fully saturated rings. The monoisotopic (exact) mass is 343 g/mol. The van der Waals surface area contributed by atoms with Crippen LogP contribution in [0.3, 0.4) is 0 Å². The number of rotatable bonds is 5. The molecule has 0 heterocycles. The van der Waals surface area contributed by atoms with Crippen LogP contribution in [0.2, 0.25) is 0 Å². The third-order valence-electron chi connectivity index (χ3n) is 1.67. The van der Waals surface area contributed by atoms with Gasteiger partial charge in [0.25, 0.3) is 0 Å². The van der Waals surface area contributed by atoms with Crippen LogP contribution in [0.25, 0.3) is 0 Å². The minimum atomic E-state index is -0.281. The predicted octanol–water partition coefficient (Wildman–Crippen LogP) is 2.47. The highest BCUT2D eigenvalue weighted by Crippen LogP contribution is 2.12. The fourth-order valence-electron chi connectivity index (χ4n) is 0.757. The van der Waals surface area contributed by atoms with Crippen LogP contribution in [0.4, 0.5) is 0 Å². The van der Waals surface area contributed by atoms with E-state index in [0.29, 0.717) is 10.7 Å². The second-order valence-corrected chi connectivity index (χ2v) is 5.90.